The maximum atomic E-state index is 10.8. The van der Waals surface area contributed by atoms with E-state index in [1.54, 1.807) is 23.1 Å². The minimum atomic E-state index is -0.126. The number of ether oxygens (including phenoxy) is 1. The van der Waals surface area contributed by atoms with E-state index in [4.69, 9.17) is 0 Å². The fraction of sp³-hybridized carbons (Fsp3) is 0.545. The zero-order valence-electron chi connectivity index (χ0n) is 9.40. The van der Waals surface area contributed by atoms with Gasteiger partial charge in [-0.1, -0.05) is 6.07 Å². The topological polar surface area (TPSA) is 38.3 Å². The molecule has 5 heteroatoms. The summed E-state index contributed by atoms with van der Waals surface area (Å²) in [6, 6.07) is 4.19. The second kappa shape index (κ2) is 8.61. The summed E-state index contributed by atoms with van der Waals surface area (Å²) in [4.78, 5) is 12.2. The lowest BCUT2D eigenvalue weighted by atomic mass is 10.4. The molecule has 1 N–H and O–H groups in total. The molecule has 16 heavy (non-hydrogen) atoms. The largest absolute Gasteiger partial charge is 0.469 e. The fourth-order valence-corrected chi connectivity index (χ4v) is 2.61. The van der Waals surface area contributed by atoms with Gasteiger partial charge in [-0.2, -0.15) is 11.8 Å². The van der Waals surface area contributed by atoms with Crippen molar-refractivity contribution in [3.05, 3.63) is 22.4 Å². The molecule has 0 aliphatic rings. The van der Waals surface area contributed by atoms with Crippen molar-refractivity contribution in [3.8, 4) is 0 Å². The van der Waals surface area contributed by atoms with Crippen LogP contribution >= 0.6 is 23.1 Å². The van der Waals surface area contributed by atoms with E-state index >= 15 is 0 Å². The third-order valence-electron chi connectivity index (χ3n) is 1.98. The maximum absolute atomic E-state index is 10.8. The molecule has 0 aliphatic heterocycles. The van der Waals surface area contributed by atoms with Crippen LogP contribution in [0.25, 0.3) is 0 Å². The molecule has 1 aromatic heterocycles. The number of hydrogen-bond acceptors (Lipinski definition) is 5. The Labute approximate surface area is 105 Å². The number of hydrogen-bond donors (Lipinski definition) is 1. The van der Waals surface area contributed by atoms with E-state index in [9.17, 15) is 4.79 Å². The predicted octanol–water partition coefficient (Wildman–Crippen LogP) is 2.13. The highest BCUT2D eigenvalue weighted by Crippen LogP contribution is 2.07. The van der Waals surface area contributed by atoms with E-state index < -0.39 is 0 Å². The summed E-state index contributed by atoms with van der Waals surface area (Å²) in [5.41, 5.74) is 0. The zero-order chi connectivity index (χ0) is 11.6. The van der Waals surface area contributed by atoms with Gasteiger partial charge in [0.25, 0.3) is 0 Å². The van der Waals surface area contributed by atoms with E-state index in [0.29, 0.717) is 6.42 Å². The Balaban J connectivity index is 1.87. The second-order valence-electron chi connectivity index (χ2n) is 3.19. The van der Waals surface area contributed by atoms with E-state index in [2.05, 4.69) is 27.6 Å². The highest BCUT2D eigenvalue weighted by Gasteiger charge is 1.99. The van der Waals surface area contributed by atoms with Crippen molar-refractivity contribution in [1.82, 2.24) is 5.32 Å². The lowest BCUT2D eigenvalue weighted by molar-refractivity contribution is -0.140. The number of rotatable bonds is 8. The van der Waals surface area contributed by atoms with Gasteiger partial charge in [0.2, 0.25) is 0 Å². The van der Waals surface area contributed by atoms with Crippen molar-refractivity contribution in [2.45, 2.75) is 13.0 Å². The van der Waals surface area contributed by atoms with Gasteiger partial charge >= 0.3 is 5.97 Å². The quantitative estimate of drug-likeness (QED) is 0.573. The van der Waals surface area contributed by atoms with Gasteiger partial charge in [-0.3, -0.25) is 4.79 Å². The van der Waals surface area contributed by atoms with Crippen LogP contribution in [0, 0.1) is 0 Å². The average molecular weight is 259 g/mol. The first-order valence-corrected chi connectivity index (χ1v) is 7.24. The number of methoxy groups -OCH3 is 1. The first kappa shape index (κ1) is 13.5. The number of carbonyl (C=O) groups excluding carboxylic acids is 1. The van der Waals surface area contributed by atoms with E-state index in [1.165, 1.54) is 12.0 Å². The molecule has 0 radical (unpaired) electrons. The van der Waals surface area contributed by atoms with Gasteiger partial charge in [0.05, 0.1) is 13.5 Å². The van der Waals surface area contributed by atoms with Crippen LogP contribution in [0.5, 0.6) is 0 Å². The highest BCUT2D eigenvalue weighted by molar-refractivity contribution is 7.99. The lowest BCUT2D eigenvalue weighted by Crippen LogP contribution is -2.16. The first-order chi connectivity index (χ1) is 7.83. The first-order valence-electron chi connectivity index (χ1n) is 5.20. The van der Waals surface area contributed by atoms with Crippen LogP contribution < -0.4 is 5.32 Å². The fourth-order valence-electron chi connectivity index (χ4n) is 1.13. The molecule has 0 unspecified atom stereocenters. The lowest BCUT2D eigenvalue weighted by Gasteiger charge is -2.03. The minimum Gasteiger partial charge on any atom is -0.469 e. The second-order valence-corrected chi connectivity index (χ2v) is 5.45. The summed E-state index contributed by atoms with van der Waals surface area (Å²) in [6.07, 6.45) is 0.506. The summed E-state index contributed by atoms with van der Waals surface area (Å²) >= 11 is 3.54. The van der Waals surface area contributed by atoms with Gasteiger partial charge in [0, 0.05) is 29.5 Å². The molecule has 0 aliphatic carbocycles. The van der Waals surface area contributed by atoms with Gasteiger partial charge < -0.3 is 10.1 Å². The molecule has 0 saturated carbocycles. The molecule has 0 amide bonds. The molecule has 0 saturated heterocycles. The third-order valence-corrected chi connectivity index (χ3v) is 3.84. The van der Waals surface area contributed by atoms with Crippen LogP contribution in [0.4, 0.5) is 0 Å². The van der Waals surface area contributed by atoms with Gasteiger partial charge in [-0.25, -0.2) is 0 Å². The van der Waals surface area contributed by atoms with E-state index in [1.807, 2.05) is 0 Å². The molecule has 1 heterocycles. The maximum Gasteiger partial charge on any atom is 0.306 e. The summed E-state index contributed by atoms with van der Waals surface area (Å²) in [6.45, 7) is 1.92. The molecule has 3 nitrogen and oxygen atoms in total. The van der Waals surface area contributed by atoms with Crippen molar-refractivity contribution < 1.29 is 9.53 Å². The standard InChI is InChI=1S/C11H17NO2S2/c1-14-11(13)4-7-15-8-5-12-9-10-3-2-6-16-10/h2-3,6,12H,4-5,7-9H2,1H3. The van der Waals surface area contributed by atoms with Crippen LogP contribution in [0.1, 0.15) is 11.3 Å². The average Bonchev–Trinajstić information content (AvgIpc) is 2.80. The molecule has 1 aromatic rings. The van der Waals surface area contributed by atoms with Crippen LogP contribution in [-0.4, -0.2) is 31.1 Å². The summed E-state index contributed by atoms with van der Waals surface area (Å²) in [7, 11) is 1.43. The molecule has 1 rings (SSSR count). The van der Waals surface area contributed by atoms with E-state index in [0.717, 1.165) is 24.6 Å². The van der Waals surface area contributed by atoms with Gasteiger partial charge in [-0.15, -0.1) is 11.3 Å². The molecular weight excluding hydrogens is 242 g/mol. The Hall–Kier alpha value is -0.520. The van der Waals surface area contributed by atoms with Crippen LogP contribution in [-0.2, 0) is 16.1 Å². The van der Waals surface area contributed by atoms with Gasteiger partial charge in [-0.05, 0) is 11.4 Å². The summed E-state index contributed by atoms with van der Waals surface area (Å²) in [5, 5.41) is 5.45. The Kier molecular flexibility index (Phi) is 7.29. The number of thiophene rings is 1. The number of thioether (sulfide) groups is 1. The molecule has 0 aromatic carbocycles. The Morgan fingerprint density at radius 1 is 1.56 bits per heavy atom. The van der Waals surface area contributed by atoms with Crippen molar-refractivity contribution in [2.75, 3.05) is 25.2 Å². The molecule has 90 valence electrons. The molecule has 0 bridgehead atoms. The Bertz CT molecular complexity index is 288. The number of nitrogens with one attached hydrogen (secondary N) is 1. The monoisotopic (exact) mass is 259 g/mol. The summed E-state index contributed by atoms with van der Waals surface area (Å²) < 4.78 is 4.56. The van der Waals surface area contributed by atoms with Crippen molar-refractivity contribution in [2.24, 2.45) is 0 Å². The molecule has 0 spiro atoms. The van der Waals surface area contributed by atoms with Crippen molar-refractivity contribution >= 4 is 29.1 Å². The predicted molar refractivity (Wildman–Crippen MR) is 70.0 cm³/mol. The van der Waals surface area contributed by atoms with Crippen molar-refractivity contribution in [1.29, 1.82) is 0 Å². The minimum absolute atomic E-state index is 0.126. The highest BCUT2D eigenvalue weighted by atomic mass is 32.2. The smallest absolute Gasteiger partial charge is 0.306 e. The SMILES string of the molecule is COC(=O)CCSCCNCc1cccs1. The zero-order valence-corrected chi connectivity index (χ0v) is 11.0. The third kappa shape index (κ3) is 6.15. The molecule has 0 fully saturated rings. The Morgan fingerprint density at radius 2 is 2.44 bits per heavy atom. The summed E-state index contributed by atoms with van der Waals surface area (Å²) in [5.74, 6) is 1.74. The van der Waals surface area contributed by atoms with Crippen LogP contribution in [0.2, 0.25) is 0 Å². The van der Waals surface area contributed by atoms with E-state index in [-0.39, 0.29) is 5.97 Å². The van der Waals surface area contributed by atoms with Gasteiger partial charge in [0.1, 0.15) is 0 Å². The normalized spacial score (nSPS) is 10.3. The van der Waals surface area contributed by atoms with Crippen LogP contribution in [0.3, 0.4) is 0 Å². The number of carbonyl (C=O) groups is 1. The van der Waals surface area contributed by atoms with Crippen LogP contribution in [0.15, 0.2) is 17.5 Å². The van der Waals surface area contributed by atoms with Crippen molar-refractivity contribution in [3.63, 3.8) is 0 Å². The molecular formula is C11H17NO2S2. The van der Waals surface area contributed by atoms with Gasteiger partial charge in [0.15, 0.2) is 0 Å². The molecule has 0 atom stereocenters. The Morgan fingerprint density at radius 3 is 3.12 bits per heavy atom. The number of esters is 1.